The Balaban J connectivity index is 0.000000374. The number of para-hydroxylation sites is 1. The monoisotopic (exact) mass is 988 g/mol. The third kappa shape index (κ3) is 16.0. The number of hydrogen-bond donors (Lipinski definition) is 1. The third-order valence-corrected chi connectivity index (χ3v) is 10.2. The molecule has 318 valence electrons. The van der Waals surface area contributed by atoms with Gasteiger partial charge in [0.2, 0.25) is 0 Å². The van der Waals surface area contributed by atoms with Gasteiger partial charge in [0.1, 0.15) is 11.5 Å². The Morgan fingerprint density at radius 1 is 0.565 bits per heavy atom. The molecule has 4 heteroatoms. The summed E-state index contributed by atoms with van der Waals surface area (Å²) in [6.07, 6.45) is 1.81. The molecule has 0 radical (unpaired) electrons. The van der Waals surface area contributed by atoms with E-state index >= 15 is 0 Å². The molecular formula is C58H66HfNO2+. The van der Waals surface area contributed by atoms with Crippen molar-refractivity contribution in [3.63, 3.8) is 0 Å². The van der Waals surface area contributed by atoms with Gasteiger partial charge in [-0.2, -0.15) is 73.9 Å². The summed E-state index contributed by atoms with van der Waals surface area (Å²) in [6, 6.07) is 56.9. The van der Waals surface area contributed by atoms with Crippen molar-refractivity contribution < 1.29 is 35.7 Å². The van der Waals surface area contributed by atoms with Crippen LogP contribution in [0.2, 0.25) is 0 Å². The number of ether oxygens (including phenoxy) is 1. The first-order valence-corrected chi connectivity index (χ1v) is 21.5. The van der Waals surface area contributed by atoms with Crippen LogP contribution < -0.4 is 9.64 Å². The van der Waals surface area contributed by atoms with Gasteiger partial charge in [-0.3, -0.25) is 0 Å². The smallest absolute Gasteiger partial charge is 0.507 e. The van der Waals surface area contributed by atoms with Crippen LogP contribution in [0.3, 0.4) is 0 Å². The quantitative estimate of drug-likeness (QED) is 0.0796. The van der Waals surface area contributed by atoms with Gasteiger partial charge >= 0.3 is 25.8 Å². The normalized spacial score (nSPS) is 10.2. The second kappa shape index (κ2) is 26.7. The average molecular weight is 988 g/mol. The molecule has 0 unspecified atom stereocenters. The molecule has 0 atom stereocenters. The first kappa shape index (κ1) is 50.8. The average Bonchev–Trinajstić information content (AvgIpc) is 3.27. The van der Waals surface area contributed by atoms with E-state index in [2.05, 4.69) is 123 Å². The fraction of sp³-hybridized carbons (Fsp3) is 0.224. The minimum absolute atomic E-state index is 0. The topological polar surface area (TPSA) is 32.7 Å². The first-order chi connectivity index (χ1) is 29.4. The van der Waals surface area contributed by atoms with Gasteiger partial charge in [0, 0.05) is 36.0 Å². The van der Waals surface area contributed by atoms with Crippen LogP contribution in [0.1, 0.15) is 91.8 Å². The summed E-state index contributed by atoms with van der Waals surface area (Å²) in [4.78, 5) is 2.40. The molecule has 0 fully saturated rings. The molecule has 0 aliphatic heterocycles. The Kier molecular flexibility index (Phi) is 21.9. The van der Waals surface area contributed by atoms with Gasteiger partial charge in [0.05, 0.1) is 6.61 Å². The molecule has 7 aromatic carbocycles. The Labute approximate surface area is 393 Å². The van der Waals surface area contributed by atoms with Crippen LogP contribution >= 0.6 is 0 Å². The van der Waals surface area contributed by atoms with Gasteiger partial charge in [-0.15, -0.1) is 36.4 Å². The molecule has 7 aromatic rings. The Bertz CT molecular complexity index is 2190. The van der Waals surface area contributed by atoms with Crippen molar-refractivity contribution in [2.24, 2.45) is 0 Å². The van der Waals surface area contributed by atoms with E-state index in [1.165, 1.54) is 22.4 Å². The number of phenols is 1. The zero-order valence-electron chi connectivity index (χ0n) is 38.1. The molecule has 0 saturated carbocycles. The molecule has 1 N–H and O–H groups in total. The van der Waals surface area contributed by atoms with E-state index < -0.39 is 0 Å². The van der Waals surface area contributed by atoms with Crippen LogP contribution in [0.4, 0.5) is 5.69 Å². The van der Waals surface area contributed by atoms with Gasteiger partial charge in [0.25, 0.3) is 0 Å². The number of nitrogens with zero attached hydrogens (tertiary/aromatic N) is 1. The largest absolute Gasteiger partial charge is 4.00 e. The molecule has 0 saturated heterocycles. The van der Waals surface area contributed by atoms with Crippen molar-refractivity contribution in [3.8, 4) is 33.8 Å². The Morgan fingerprint density at radius 3 is 1.44 bits per heavy atom. The summed E-state index contributed by atoms with van der Waals surface area (Å²) in [5, 5.41) is 11.5. The number of aryl methyl sites for hydroxylation is 2. The van der Waals surface area contributed by atoms with Gasteiger partial charge in [-0.05, 0) is 83.7 Å². The zero-order valence-corrected chi connectivity index (χ0v) is 41.7. The second-order valence-electron chi connectivity index (χ2n) is 15.9. The minimum atomic E-state index is 0. The Hall–Kier alpha value is -5.58. The molecule has 3 nitrogen and oxygen atoms in total. The van der Waals surface area contributed by atoms with Crippen LogP contribution in [0.15, 0.2) is 170 Å². The van der Waals surface area contributed by atoms with E-state index in [1.807, 2.05) is 121 Å². The molecule has 0 spiro atoms. The minimum Gasteiger partial charge on any atom is -0.507 e. The van der Waals surface area contributed by atoms with Crippen molar-refractivity contribution in [1.29, 1.82) is 0 Å². The summed E-state index contributed by atoms with van der Waals surface area (Å²) >= 11 is 0. The van der Waals surface area contributed by atoms with E-state index in [1.54, 1.807) is 0 Å². The van der Waals surface area contributed by atoms with Crippen LogP contribution in [-0.2, 0) is 32.3 Å². The van der Waals surface area contributed by atoms with E-state index in [-0.39, 0.29) is 25.8 Å². The molecule has 0 aliphatic rings. The fourth-order valence-electron chi connectivity index (χ4n) is 6.94. The summed E-state index contributed by atoms with van der Waals surface area (Å²) in [7, 11) is 2.20. The molecule has 0 bridgehead atoms. The van der Waals surface area contributed by atoms with Gasteiger partial charge in [-0.1, -0.05) is 107 Å². The molecular weight excluding hydrogens is 921 g/mol. The number of phenolic OH excluding ortho intramolecular Hbond substituents is 1. The van der Waals surface area contributed by atoms with E-state index in [0.717, 1.165) is 69.6 Å². The summed E-state index contributed by atoms with van der Waals surface area (Å²) in [6.45, 7) is 26.0. The van der Waals surface area contributed by atoms with Crippen molar-refractivity contribution in [2.45, 2.75) is 66.2 Å². The van der Waals surface area contributed by atoms with Crippen molar-refractivity contribution in [1.82, 2.24) is 0 Å². The Morgan fingerprint density at radius 2 is 1.02 bits per heavy atom. The second-order valence-corrected chi connectivity index (χ2v) is 15.9. The predicted molar refractivity (Wildman–Crippen MR) is 264 cm³/mol. The van der Waals surface area contributed by atoms with Crippen LogP contribution in [-0.4, -0.2) is 25.3 Å². The van der Waals surface area contributed by atoms with E-state index in [0.29, 0.717) is 24.2 Å². The van der Waals surface area contributed by atoms with Crippen LogP contribution in [0.25, 0.3) is 22.3 Å². The maximum atomic E-state index is 11.5. The standard InChI is InChI=1S/C37H45NO2.3C7H7.Hf/c1-8-28-18-19-35(33(24-28)34-23-27(6)22-32(37(34)39)29-14-10-9-11-15-29)40-21-13-20-38(7)36-30(25(2)3)16-12-17-31(36)26(4)5;3*1-7-5-3-2-4-6-7;/h9-12,14-19,22-26,39H,8,13,20-21H2,1-7H3;3*2-6H,1H2;/q;3*-1;+4. The van der Waals surface area contributed by atoms with Crippen LogP contribution in [0, 0.1) is 27.7 Å². The summed E-state index contributed by atoms with van der Waals surface area (Å²) < 4.78 is 6.44. The number of anilines is 1. The van der Waals surface area contributed by atoms with Crippen molar-refractivity contribution >= 4 is 5.69 Å². The summed E-state index contributed by atoms with van der Waals surface area (Å²) in [5.41, 5.74) is 13.3. The molecule has 7 rings (SSSR count). The van der Waals surface area contributed by atoms with Gasteiger partial charge in [-0.25, -0.2) is 0 Å². The van der Waals surface area contributed by atoms with E-state index in [4.69, 9.17) is 4.74 Å². The van der Waals surface area contributed by atoms with Gasteiger partial charge in [0.15, 0.2) is 0 Å². The number of aromatic hydroxyl groups is 1. The molecule has 0 amide bonds. The zero-order chi connectivity index (χ0) is 44.1. The molecule has 62 heavy (non-hydrogen) atoms. The number of hydrogen-bond acceptors (Lipinski definition) is 3. The summed E-state index contributed by atoms with van der Waals surface area (Å²) in [5.74, 6) is 2.04. The van der Waals surface area contributed by atoms with E-state index in [9.17, 15) is 5.11 Å². The number of rotatable bonds is 11. The third-order valence-electron chi connectivity index (χ3n) is 10.2. The predicted octanol–water partition coefficient (Wildman–Crippen LogP) is 15.4. The SMILES string of the molecule is CCc1ccc(OCCCN(C)c2c(C(C)C)cccc2C(C)C)c(-c2cc(C)cc(-c3ccccc3)c2O)c1.[CH2-]c1ccccc1.[CH2-]c1ccccc1.[CH2-]c1ccccc1.[Hf+4]. The molecule has 0 heterocycles. The van der Waals surface area contributed by atoms with Gasteiger partial charge < -0.3 is 14.7 Å². The number of benzene rings is 7. The molecule has 0 aromatic heterocycles. The van der Waals surface area contributed by atoms with Crippen molar-refractivity contribution in [2.75, 3.05) is 25.1 Å². The molecule has 0 aliphatic carbocycles. The maximum absolute atomic E-state index is 11.5. The maximum Gasteiger partial charge on any atom is 4.00 e. The fourth-order valence-corrected chi connectivity index (χ4v) is 6.94. The first-order valence-electron chi connectivity index (χ1n) is 21.5. The van der Waals surface area contributed by atoms with Crippen LogP contribution in [0.5, 0.6) is 11.5 Å². The van der Waals surface area contributed by atoms with Crippen molar-refractivity contribution in [3.05, 3.63) is 230 Å².